The summed E-state index contributed by atoms with van der Waals surface area (Å²) in [7, 11) is 1.90. The van der Waals surface area contributed by atoms with Gasteiger partial charge in [-0.3, -0.25) is 0 Å². The van der Waals surface area contributed by atoms with Gasteiger partial charge in [-0.1, -0.05) is 12.1 Å². The van der Waals surface area contributed by atoms with E-state index in [1.165, 1.54) is 18.6 Å². The van der Waals surface area contributed by atoms with Crippen molar-refractivity contribution in [2.75, 3.05) is 13.6 Å². The third-order valence-corrected chi connectivity index (χ3v) is 3.04. The molecule has 1 aromatic rings. The van der Waals surface area contributed by atoms with Crippen LogP contribution < -0.4 is 5.32 Å². The lowest BCUT2D eigenvalue weighted by molar-refractivity contribution is -0.0513. The van der Waals surface area contributed by atoms with E-state index in [-0.39, 0.29) is 11.9 Å². The smallest absolute Gasteiger partial charge is 0.123 e. The lowest BCUT2D eigenvalue weighted by Crippen LogP contribution is -2.28. The van der Waals surface area contributed by atoms with Crippen molar-refractivity contribution in [3.63, 3.8) is 0 Å². The number of nitrogens with one attached hydrogen (secondary N) is 1. The molecule has 16 heavy (non-hydrogen) atoms. The van der Waals surface area contributed by atoms with Gasteiger partial charge in [-0.2, -0.15) is 0 Å². The van der Waals surface area contributed by atoms with E-state index in [2.05, 4.69) is 5.32 Å². The SMILES string of the molecule is CNCC(OC1CCC1)c1ccc(F)cc1. The van der Waals surface area contributed by atoms with Gasteiger partial charge in [0.1, 0.15) is 5.82 Å². The molecule has 3 heteroatoms. The zero-order valence-corrected chi connectivity index (χ0v) is 9.58. The highest BCUT2D eigenvalue weighted by Crippen LogP contribution is 2.28. The van der Waals surface area contributed by atoms with Gasteiger partial charge in [0.2, 0.25) is 0 Å². The predicted molar refractivity (Wildman–Crippen MR) is 61.8 cm³/mol. The maximum absolute atomic E-state index is 12.8. The highest BCUT2D eigenvalue weighted by molar-refractivity contribution is 5.19. The summed E-state index contributed by atoms with van der Waals surface area (Å²) in [6.45, 7) is 0.766. The lowest BCUT2D eigenvalue weighted by atomic mass is 9.95. The molecule has 1 saturated carbocycles. The van der Waals surface area contributed by atoms with Crippen LogP contribution in [-0.4, -0.2) is 19.7 Å². The van der Waals surface area contributed by atoms with E-state index in [9.17, 15) is 4.39 Å². The maximum atomic E-state index is 12.8. The minimum atomic E-state index is -0.199. The molecule has 2 rings (SSSR count). The highest BCUT2D eigenvalue weighted by atomic mass is 19.1. The predicted octanol–water partition coefficient (Wildman–Crippen LogP) is 2.66. The Kier molecular flexibility index (Phi) is 3.91. The van der Waals surface area contributed by atoms with Gasteiger partial charge in [0.25, 0.3) is 0 Å². The second-order valence-corrected chi connectivity index (χ2v) is 4.29. The van der Waals surface area contributed by atoms with Crippen molar-refractivity contribution in [1.82, 2.24) is 5.32 Å². The van der Waals surface area contributed by atoms with Crippen LogP contribution in [-0.2, 0) is 4.74 Å². The molecule has 1 unspecified atom stereocenters. The van der Waals surface area contributed by atoms with Crippen LogP contribution in [0.25, 0.3) is 0 Å². The number of ether oxygens (including phenoxy) is 1. The highest BCUT2D eigenvalue weighted by Gasteiger charge is 2.23. The molecule has 1 atom stereocenters. The molecule has 0 bridgehead atoms. The van der Waals surface area contributed by atoms with Gasteiger partial charge in [0.15, 0.2) is 0 Å². The van der Waals surface area contributed by atoms with Crippen molar-refractivity contribution in [2.24, 2.45) is 0 Å². The molecule has 0 saturated heterocycles. The van der Waals surface area contributed by atoms with Crippen LogP contribution >= 0.6 is 0 Å². The third-order valence-electron chi connectivity index (χ3n) is 3.04. The summed E-state index contributed by atoms with van der Waals surface area (Å²) in [6, 6.07) is 6.58. The van der Waals surface area contributed by atoms with E-state index in [0.29, 0.717) is 6.10 Å². The molecule has 0 spiro atoms. The molecule has 2 nitrogen and oxygen atoms in total. The molecule has 1 N–H and O–H groups in total. The van der Waals surface area contributed by atoms with E-state index in [1.54, 1.807) is 12.1 Å². The third kappa shape index (κ3) is 2.80. The van der Waals surface area contributed by atoms with Gasteiger partial charge in [0, 0.05) is 6.54 Å². The normalized spacial score (nSPS) is 18.1. The fraction of sp³-hybridized carbons (Fsp3) is 0.538. The Balaban J connectivity index is 2.01. The summed E-state index contributed by atoms with van der Waals surface area (Å²) < 4.78 is 18.8. The molecule has 1 aliphatic rings. The van der Waals surface area contributed by atoms with Crippen LogP contribution in [0.15, 0.2) is 24.3 Å². The van der Waals surface area contributed by atoms with Gasteiger partial charge in [-0.15, -0.1) is 0 Å². The van der Waals surface area contributed by atoms with Gasteiger partial charge < -0.3 is 10.1 Å². The van der Waals surface area contributed by atoms with Crippen LogP contribution in [0.2, 0.25) is 0 Å². The first-order chi connectivity index (χ1) is 7.79. The maximum Gasteiger partial charge on any atom is 0.123 e. The summed E-state index contributed by atoms with van der Waals surface area (Å²) >= 11 is 0. The van der Waals surface area contributed by atoms with Crippen molar-refractivity contribution < 1.29 is 9.13 Å². The van der Waals surface area contributed by atoms with E-state index < -0.39 is 0 Å². The van der Waals surface area contributed by atoms with Crippen molar-refractivity contribution in [3.8, 4) is 0 Å². The average Bonchev–Trinajstić information content (AvgIpc) is 2.23. The van der Waals surface area contributed by atoms with Crippen LogP contribution in [0, 0.1) is 5.82 Å². The van der Waals surface area contributed by atoms with Crippen molar-refractivity contribution in [3.05, 3.63) is 35.6 Å². The van der Waals surface area contributed by atoms with Crippen molar-refractivity contribution in [1.29, 1.82) is 0 Å². The summed E-state index contributed by atoms with van der Waals surface area (Å²) in [5.41, 5.74) is 1.04. The molecule has 0 radical (unpaired) electrons. The Labute approximate surface area is 95.8 Å². The first kappa shape index (κ1) is 11.6. The van der Waals surface area contributed by atoms with E-state index in [1.807, 2.05) is 7.05 Å². The van der Waals surface area contributed by atoms with Gasteiger partial charge in [-0.05, 0) is 44.0 Å². The molecule has 0 heterocycles. The number of likely N-dealkylation sites (N-methyl/N-ethyl adjacent to an activating group) is 1. The fourth-order valence-electron chi connectivity index (χ4n) is 1.85. The first-order valence-corrected chi connectivity index (χ1v) is 5.85. The summed E-state index contributed by atoms with van der Waals surface area (Å²) in [5, 5.41) is 3.12. The van der Waals surface area contributed by atoms with Crippen LogP contribution in [0.3, 0.4) is 0 Å². The Morgan fingerprint density at radius 1 is 1.38 bits per heavy atom. The number of rotatable bonds is 5. The molecule has 1 fully saturated rings. The van der Waals surface area contributed by atoms with Crippen LogP contribution in [0.5, 0.6) is 0 Å². The topological polar surface area (TPSA) is 21.3 Å². The van der Waals surface area contributed by atoms with Crippen LogP contribution in [0.4, 0.5) is 4.39 Å². The van der Waals surface area contributed by atoms with Gasteiger partial charge in [-0.25, -0.2) is 4.39 Å². The van der Waals surface area contributed by atoms with Crippen molar-refractivity contribution >= 4 is 0 Å². The Morgan fingerprint density at radius 3 is 2.56 bits per heavy atom. The number of hydrogen-bond acceptors (Lipinski definition) is 2. The monoisotopic (exact) mass is 223 g/mol. The first-order valence-electron chi connectivity index (χ1n) is 5.85. The standard InChI is InChI=1S/C13H18FNO/c1-15-9-13(16-12-3-2-4-12)10-5-7-11(14)8-6-10/h5-8,12-13,15H,2-4,9H2,1H3. The molecule has 0 aromatic heterocycles. The summed E-state index contributed by atoms with van der Waals surface area (Å²) in [5.74, 6) is -0.199. The molecule has 0 amide bonds. The zero-order valence-electron chi connectivity index (χ0n) is 9.58. The molecular formula is C13H18FNO. The summed E-state index contributed by atoms with van der Waals surface area (Å²) in [6.07, 6.45) is 4.00. The van der Waals surface area contributed by atoms with E-state index in [4.69, 9.17) is 4.74 Å². The Bertz CT molecular complexity index is 321. The second-order valence-electron chi connectivity index (χ2n) is 4.29. The summed E-state index contributed by atoms with van der Waals surface area (Å²) in [4.78, 5) is 0. The number of hydrogen-bond donors (Lipinski definition) is 1. The lowest BCUT2D eigenvalue weighted by Gasteiger charge is -2.30. The van der Waals surface area contributed by atoms with E-state index in [0.717, 1.165) is 24.9 Å². The zero-order chi connectivity index (χ0) is 11.4. The quantitative estimate of drug-likeness (QED) is 0.828. The molecular weight excluding hydrogens is 205 g/mol. The molecule has 88 valence electrons. The number of benzene rings is 1. The Hall–Kier alpha value is -0.930. The minimum absolute atomic E-state index is 0.0379. The average molecular weight is 223 g/mol. The van der Waals surface area contributed by atoms with Gasteiger partial charge in [0.05, 0.1) is 12.2 Å². The van der Waals surface area contributed by atoms with Gasteiger partial charge >= 0.3 is 0 Å². The molecule has 0 aliphatic heterocycles. The second kappa shape index (κ2) is 5.41. The minimum Gasteiger partial charge on any atom is -0.369 e. The van der Waals surface area contributed by atoms with Crippen LogP contribution in [0.1, 0.15) is 30.9 Å². The molecule has 1 aliphatic carbocycles. The van der Waals surface area contributed by atoms with Crippen molar-refractivity contribution in [2.45, 2.75) is 31.5 Å². The fourth-order valence-corrected chi connectivity index (χ4v) is 1.85. The van der Waals surface area contributed by atoms with E-state index >= 15 is 0 Å². The Morgan fingerprint density at radius 2 is 2.06 bits per heavy atom. The largest absolute Gasteiger partial charge is 0.369 e. The number of halogens is 1. The molecule has 1 aromatic carbocycles.